The van der Waals surface area contributed by atoms with E-state index in [1.165, 1.54) is 0 Å². The van der Waals surface area contributed by atoms with Gasteiger partial charge in [-0.1, -0.05) is 18.2 Å². The Bertz CT molecular complexity index is 652. The van der Waals surface area contributed by atoms with Crippen molar-refractivity contribution >= 4 is 39.7 Å². The smallest absolute Gasteiger partial charge is 0.0867 e. The van der Waals surface area contributed by atoms with Gasteiger partial charge in [0.05, 0.1) is 11.4 Å². The monoisotopic (exact) mass is 403 g/mol. The summed E-state index contributed by atoms with van der Waals surface area (Å²) in [5.41, 5.74) is 2.81. The normalized spacial score (nSPS) is 10.6. The highest BCUT2D eigenvalue weighted by Crippen LogP contribution is 2.23. The molecule has 0 heterocycles. The second-order valence-corrected chi connectivity index (χ2v) is 5.92. The number of anilines is 1. The van der Waals surface area contributed by atoms with Gasteiger partial charge in [-0.2, -0.15) is 10.2 Å². The molecule has 112 valence electrons. The fraction of sp³-hybridized carbons (Fsp3) is 0.111. The summed E-state index contributed by atoms with van der Waals surface area (Å²) in [6.45, 7) is 9.15. The van der Waals surface area contributed by atoms with Crippen LogP contribution in [0.5, 0.6) is 0 Å². The molecule has 0 saturated heterocycles. The minimum atomic E-state index is 0.787. The van der Waals surface area contributed by atoms with E-state index in [9.17, 15) is 0 Å². The number of benzene rings is 2. The molecule has 2 rings (SSSR count). The predicted molar refractivity (Wildman–Crippen MR) is 102 cm³/mol. The minimum Gasteiger partial charge on any atom is -0.364 e. The maximum Gasteiger partial charge on any atom is 0.0867 e. The summed E-state index contributed by atoms with van der Waals surface area (Å²) < 4.78 is 1.15. The molecule has 4 heteroatoms. The lowest BCUT2D eigenvalue weighted by molar-refractivity contribution is 0.957. The second-order valence-electron chi connectivity index (χ2n) is 4.68. The summed E-state index contributed by atoms with van der Waals surface area (Å²) in [7, 11) is 0. The number of nitrogens with zero attached hydrogens (tertiary/aromatic N) is 3. The molecule has 0 N–H and O–H groups in total. The molecule has 0 aliphatic carbocycles. The average molecular weight is 403 g/mol. The number of hydrogen-bond donors (Lipinski definition) is 0. The van der Waals surface area contributed by atoms with Gasteiger partial charge in [0.15, 0.2) is 0 Å². The van der Waals surface area contributed by atoms with Crippen molar-refractivity contribution in [3.8, 4) is 0 Å². The van der Waals surface area contributed by atoms with Crippen LogP contribution < -0.4 is 4.90 Å². The highest BCUT2D eigenvalue weighted by atomic mass is 127. The van der Waals surface area contributed by atoms with E-state index >= 15 is 0 Å². The Kier molecular flexibility index (Phi) is 6.33. The zero-order chi connectivity index (χ0) is 15.8. The van der Waals surface area contributed by atoms with Gasteiger partial charge in [-0.05, 0) is 65.1 Å². The van der Waals surface area contributed by atoms with Gasteiger partial charge in [-0.25, -0.2) is 0 Å². The van der Waals surface area contributed by atoms with Crippen molar-refractivity contribution in [2.24, 2.45) is 10.2 Å². The van der Waals surface area contributed by atoms with Gasteiger partial charge in [0, 0.05) is 22.3 Å². The highest BCUT2D eigenvalue weighted by Gasteiger charge is 2.02. The molecule has 0 aliphatic rings. The molecule has 2 aromatic carbocycles. The van der Waals surface area contributed by atoms with Gasteiger partial charge in [0.25, 0.3) is 0 Å². The summed E-state index contributed by atoms with van der Waals surface area (Å²) in [5, 5.41) is 8.53. The van der Waals surface area contributed by atoms with Crippen molar-refractivity contribution in [2.75, 3.05) is 18.0 Å². The summed E-state index contributed by atoms with van der Waals surface area (Å²) >= 11 is 2.26. The van der Waals surface area contributed by atoms with Gasteiger partial charge >= 0.3 is 0 Å². The topological polar surface area (TPSA) is 28.0 Å². The molecule has 0 fully saturated rings. The van der Waals surface area contributed by atoms with Crippen molar-refractivity contribution in [3.05, 3.63) is 77.4 Å². The number of halogens is 1. The molecule has 0 atom stereocenters. The lowest BCUT2D eigenvalue weighted by Crippen LogP contribution is -2.22. The molecule has 0 aromatic heterocycles. The lowest BCUT2D eigenvalue weighted by Gasteiger charge is -2.21. The fourth-order valence-electron chi connectivity index (χ4n) is 1.98. The number of hydrogen-bond acceptors (Lipinski definition) is 3. The van der Waals surface area contributed by atoms with E-state index in [2.05, 4.69) is 50.9 Å². The van der Waals surface area contributed by atoms with Crippen molar-refractivity contribution in [1.29, 1.82) is 0 Å². The Balaban J connectivity index is 2.11. The molecule has 0 spiro atoms. The Morgan fingerprint density at radius 3 is 2.14 bits per heavy atom. The van der Waals surface area contributed by atoms with Crippen LogP contribution in [-0.4, -0.2) is 13.1 Å². The van der Waals surface area contributed by atoms with Crippen LogP contribution in [0.2, 0.25) is 0 Å². The fourth-order valence-corrected chi connectivity index (χ4v) is 2.51. The SMILES string of the molecule is C=CCN(CC=C)c1ccc(N=Nc2cccc(I)c2)cc1. The zero-order valence-corrected chi connectivity index (χ0v) is 14.5. The van der Waals surface area contributed by atoms with Crippen LogP contribution >= 0.6 is 22.6 Å². The second kappa shape index (κ2) is 8.48. The van der Waals surface area contributed by atoms with E-state index in [1.807, 2.05) is 60.7 Å². The van der Waals surface area contributed by atoms with E-state index < -0.39 is 0 Å². The molecule has 0 bridgehead atoms. The van der Waals surface area contributed by atoms with E-state index in [4.69, 9.17) is 0 Å². The van der Waals surface area contributed by atoms with Crippen LogP contribution in [0.4, 0.5) is 17.1 Å². The molecular formula is C18H18IN3. The van der Waals surface area contributed by atoms with Crippen LogP contribution in [0.15, 0.2) is 84.1 Å². The zero-order valence-electron chi connectivity index (χ0n) is 12.3. The molecule has 0 radical (unpaired) electrons. The van der Waals surface area contributed by atoms with Gasteiger partial charge in [0.1, 0.15) is 0 Å². The third kappa shape index (κ3) is 4.80. The molecule has 22 heavy (non-hydrogen) atoms. The standard InChI is InChI=1S/C18H18IN3/c1-3-12-22(13-4-2)18-10-8-16(9-11-18)20-21-17-7-5-6-15(19)14-17/h3-11,14H,1-2,12-13H2. The summed E-state index contributed by atoms with van der Waals surface area (Å²) in [4.78, 5) is 2.18. The molecule has 3 nitrogen and oxygen atoms in total. The van der Waals surface area contributed by atoms with Gasteiger partial charge in [-0.15, -0.1) is 13.2 Å². The van der Waals surface area contributed by atoms with Crippen LogP contribution in [0, 0.1) is 3.57 Å². The lowest BCUT2D eigenvalue weighted by atomic mass is 10.2. The molecule has 0 aliphatic heterocycles. The predicted octanol–water partition coefficient (Wildman–Crippen LogP) is 5.89. The van der Waals surface area contributed by atoms with Gasteiger partial charge < -0.3 is 4.90 Å². The van der Waals surface area contributed by atoms with E-state index in [-0.39, 0.29) is 0 Å². The van der Waals surface area contributed by atoms with E-state index in [0.717, 1.165) is 33.7 Å². The van der Waals surface area contributed by atoms with Crippen LogP contribution in [-0.2, 0) is 0 Å². The first-order chi connectivity index (χ1) is 10.7. The molecule has 0 unspecified atom stereocenters. The highest BCUT2D eigenvalue weighted by molar-refractivity contribution is 14.1. The van der Waals surface area contributed by atoms with Gasteiger partial charge in [-0.3, -0.25) is 0 Å². The van der Waals surface area contributed by atoms with Crippen molar-refractivity contribution in [1.82, 2.24) is 0 Å². The third-order valence-electron chi connectivity index (χ3n) is 3.00. The maximum absolute atomic E-state index is 4.27. The van der Waals surface area contributed by atoms with Gasteiger partial charge in [0.2, 0.25) is 0 Å². The Labute approximate surface area is 145 Å². The molecular weight excluding hydrogens is 385 g/mol. The maximum atomic E-state index is 4.27. The molecule has 2 aromatic rings. The summed E-state index contributed by atoms with van der Waals surface area (Å²) in [5.74, 6) is 0. The minimum absolute atomic E-state index is 0.787. The third-order valence-corrected chi connectivity index (χ3v) is 3.67. The molecule has 0 amide bonds. The first kappa shape index (κ1) is 16.4. The van der Waals surface area contributed by atoms with Crippen molar-refractivity contribution in [3.63, 3.8) is 0 Å². The van der Waals surface area contributed by atoms with Crippen LogP contribution in [0.1, 0.15) is 0 Å². The first-order valence-electron chi connectivity index (χ1n) is 6.97. The largest absolute Gasteiger partial charge is 0.364 e. The Morgan fingerprint density at radius 1 is 0.909 bits per heavy atom. The van der Waals surface area contributed by atoms with Crippen LogP contribution in [0.3, 0.4) is 0 Å². The van der Waals surface area contributed by atoms with Crippen molar-refractivity contribution in [2.45, 2.75) is 0 Å². The first-order valence-corrected chi connectivity index (χ1v) is 8.05. The quantitative estimate of drug-likeness (QED) is 0.322. The summed E-state index contributed by atoms with van der Waals surface area (Å²) in [6, 6.07) is 15.9. The summed E-state index contributed by atoms with van der Waals surface area (Å²) in [6.07, 6.45) is 3.77. The van der Waals surface area contributed by atoms with Crippen LogP contribution in [0.25, 0.3) is 0 Å². The number of azo groups is 1. The average Bonchev–Trinajstić information content (AvgIpc) is 2.53. The van der Waals surface area contributed by atoms with Crippen molar-refractivity contribution < 1.29 is 0 Å². The van der Waals surface area contributed by atoms with E-state index in [0.29, 0.717) is 0 Å². The number of rotatable bonds is 7. The Hall–Kier alpha value is -1.95. The Morgan fingerprint density at radius 2 is 1.55 bits per heavy atom. The molecule has 0 saturated carbocycles. The van der Waals surface area contributed by atoms with E-state index in [1.54, 1.807) is 0 Å².